The Hall–Kier alpha value is -3.00. The van der Waals surface area contributed by atoms with Gasteiger partial charge in [0.2, 0.25) is 0 Å². The fourth-order valence-electron chi connectivity index (χ4n) is 2.25. The van der Waals surface area contributed by atoms with Gasteiger partial charge in [-0.3, -0.25) is 4.72 Å². The molecule has 3 rings (SSSR count). The molecule has 0 spiro atoms. The molecule has 0 radical (unpaired) electrons. The summed E-state index contributed by atoms with van der Waals surface area (Å²) in [6.45, 7) is 1.99. The van der Waals surface area contributed by atoms with Gasteiger partial charge in [0.15, 0.2) is 11.6 Å². The van der Waals surface area contributed by atoms with Crippen LogP contribution in [0.4, 0.5) is 21.7 Å². The van der Waals surface area contributed by atoms with Crippen molar-refractivity contribution in [2.24, 2.45) is 0 Å². The third-order valence-corrected chi connectivity index (χ3v) is 5.05. The van der Waals surface area contributed by atoms with Crippen molar-refractivity contribution in [1.82, 2.24) is 10.2 Å². The fraction of sp³-hybridized carbons (Fsp3) is 0.111. The van der Waals surface area contributed by atoms with Crippen LogP contribution in [0.5, 0.6) is 0 Å². The molecule has 0 saturated carbocycles. The minimum atomic E-state index is -3.75. The molecule has 0 fully saturated rings. The van der Waals surface area contributed by atoms with Gasteiger partial charge < -0.3 is 5.32 Å². The van der Waals surface area contributed by atoms with Crippen LogP contribution in [0, 0.1) is 5.82 Å². The predicted octanol–water partition coefficient (Wildman–Crippen LogP) is 3.72. The highest BCUT2D eigenvalue weighted by molar-refractivity contribution is 7.92. The van der Waals surface area contributed by atoms with Crippen LogP contribution in [0.1, 0.15) is 12.5 Å². The molecule has 6 nitrogen and oxygen atoms in total. The minimum Gasteiger partial charge on any atom is -0.336 e. The number of nitrogens with zero attached hydrogens (tertiary/aromatic N) is 2. The molecule has 0 aliphatic heterocycles. The number of aryl methyl sites for hydroxylation is 1. The zero-order valence-electron chi connectivity index (χ0n) is 14.0. The number of benzene rings is 2. The van der Waals surface area contributed by atoms with Crippen molar-refractivity contribution in [3.05, 3.63) is 72.0 Å². The number of anilines is 3. The van der Waals surface area contributed by atoms with E-state index in [0.29, 0.717) is 5.82 Å². The first kappa shape index (κ1) is 17.8. The number of nitrogens with one attached hydrogen (secondary N) is 2. The van der Waals surface area contributed by atoms with Crippen molar-refractivity contribution in [2.75, 3.05) is 10.0 Å². The average Bonchev–Trinajstić information content (AvgIpc) is 2.65. The molecular formula is C18H17FN4O2S. The van der Waals surface area contributed by atoms with Gasteiger partial charge in [-0.25, -0.2) is 12.8 Å². The maximum atomic E-state index is 13.6. The van der Waals surface area contributed by atoms with Crippen LogP contribution in [-0.4, -0.2) is 18.6 Å². The second-order valence-corrected chi connectivity index (χ2v) is 7.19. The summed E-state index contributed by atoms with van der Waals surface area (Å²) in [7, 11) is -3.75. The number of para-hydroxylation sites is 1. The Labute approximate surface area is 151 Å². The van der Waals surface area contributed by atoms with Gasteiger partial charge in [-0.2, -0.15) is 0 Å². The highest BCUT2D eigenvalue weighted by Gasteiger charge is 2.15. The fourth-order valence-corrected chi connectivity index (χ4v) is 3.25. The molecule has 2 N–H and O–H groups in total. The first-order valence-corrected chi connectivity index (χ1v) is 9.43. The molecule has 0 unspecified atom stereocenters. The molecule has 0 aliphatic rings. The Morgan fingerprint density at radius 3 is 2.19 bits per heavy atom. The van der Waals surface area contributed by atoms with Gasteiger partial charge in [-0.15, -0.1) is 10.2 Å². The number of hydrogen-bond acceptors (Lipinski definition) is 5. The van der Waals surface area contributed by atoms with Gasteiger partial charge in [0.05, 0.1) is 10.6 Å². The lowest BCUT2D eigenvalue weighted by Crippen LogP contribution is -2.14. The van der Waals surface area contributed by atoms with E-state index in [9.17, 15) is 12.8 Å². The minimum absolute atomic E-state index is 0.0728. The molecule has 0 saturated heterocycles. The lowest BCUT2D eigenvalue weighted by Gasteiger charge is -2.09. The molecule has 3 aromatic rings. The summed E-state index contributed by atoms with van der Waals surface area (Å²) in [5.41, 5.74) is 1.30. The van der Waals surface area contributed by atoms with E-state index < -0.39 is 15.8 Å². The highest BCUT2D eigenvalue weighted by Crippen LogP contribution is 2.19. The number of halogens is 1. The van der Waals surface area contributed by atoms with E-state index in [1.165, 1.54) is 18.2 Å². The summed E-state index contributed by atoms with van der Waals surface area (Å²) in [5, 5.41) is 10.5. The van der Waals surface area contributed by atoms with E-state index in [-0.39, 0.29) is 16.4 Å². The summed E-state index contributed by atoms with van der Waals surface area (Å²) in [5.74, 6) is -0.0522. The highest BCUT2D eigenvalue weighted by atomic mass is 32.2. The summed E-state index contributed by atoms with van der Waals surface area (Å²) < 4.78 is 40.7. The SMILES string of the molecule is CCc1ccc(S(=O)(=O)Nc2ccc(Nc3ccccc3F)nn2)cc1. The van der Waals surface area contributed by atoms with Crippen molar-refractivity contribution in [2.45, 2.75) is 18.2 Å². The molecule has 2 aromatic carbocycles. The molecule has 0 aliphatic carbocycles. The molecule has 26 heavy (non-hydrogen) atoms. The largest absolute Gasteiger partial charge is 0.336 e. The first-order valence-electron chi connectivity index (χ1n) is 7.95. The molecule has 8 heteroatoms. The Bertz CT molecular complexity index is 990. The molecule has 0 bridgehead atoms. The average molecular weight is 372 g/mol. The van der Waals surface area contributed by atoms with Gasteiger partial charge in [-0.05, 0) is 48.4 Å². The third-order valence-electron chi connectivity index (χ3n) is 3.68. The first-order chi connectivity index (χ1) is 12.5. The van der Waals surface area contributed by atoms with Crippen molar-refractivity contribution in [3.63, 3.8) is 0 Å². The monoisotopic (exact) mass is 372 g/mol. The van der Waals surface area contributed by atoms with E-state index in [2.05, 4.69) is 20.2 Å². The number of hydrogen-bond donors (Lipinski definition) is 2. The summed E-state index contributed by atoms with van der Waals surface area (Å²) >= 11 is 0. The maximum Gasteiger partial charge on any atom is 0.263 e. The predicted molar refractivity (Wildman–Crippen MR) is 98.3 cm³/mol. The standard InChI is InChI=1S/C18H17FN4O2S/c1-2-13-7-9-14(10-8-13)26(24,25)23-18-12-11-17(21-22-18)20-16-6-4-3-5-15(16)19/h3-12H,2H2,1H3,(H,20,21)(H,22,23). The molecule has 1 heterocycles. The Kier molecular flexibility index (Phi) is 5.13. The van der Waals surface area contributed by atoms with E-state index in [4.69, 9.17) is 0 Å². The maximum absolute atomic E-state index is 13.6. The quantitative estimate of drug-likeness (QED) is 0.689. The number of rotatable bonds is 6. The van der Waals surface area contributed by atoms with Gasteiger partial charge in [0.25, 0.3) is 10.0 Å². The zero-order chi connectivity index (χ0) is 18.6. The Balaban J connectivity index is 1.73. The lowest BCUT2D eigenvalue weighted by molar-refractivity contribution is 0.601. The van der Waals surface area contributed by atoms with E-state index in [1.807, 2.05) is 6.92 Å². The lowest BCUT2D eigenvalue weighted by atomic mass is 10.2. The van der Waals surface area contributed by atoms with Crippen LogP contribution >= 0.6 is 0 Å². The van der Waals surface area contributed by atoms with Gasteiger partial charge in [-0.1, -0.05) is 31.2 Å². The smallest absolute Gasteiger partial charge is 0.263 e. The molecule has 0 atom stereocenters. The van der Waals surface area contributed by atoms with Gasteiger partial charge in [0.1, 0.15) is 5.82 Å². The normalized spacial score (nSPS) is 11.2. The van der Waals surface area contributed by atoms with E-state index in [1.54, 1.807) is 42.5 Å². The van der Waals surface area contributed by atoms with Crippen LogP contribution in [0.2, 0.25) is 0 Å². The second-order valence-electron chi connectivity index (χ2n) is 5.51. The number of sulfonamides is 1. The summed E-state index contributed by atoms with van der Waals surface area (Å²) in [6, 6.07) is 15.7. The van der Waals surface area contributed by atoms with Crippen molar-refractivity contribution in [3.8, 4) is 0 Å². The topological polar surface area (TPSA) is 84.0 Å². The van der Waals surface area contributed by atoms with Crippen LogP contribution in [0.15, 0.2) is 65.6 Å². The van der Waals surface area contributed by atoms with Crippen molar-refractivity contribution >= 4 is 27.3 Å². The molecule has 134 valence electrons. The number of aromatic nitrogens is 2. The molecular weight excluding hydrogens is 355 g/mol. The Morgan fingerprint density at radius 2 is 1.58 bits per heavy atom. The van der Waals surface area contributed by atoms with Crippen molar-refractivity contribution in [1.29, 1.82) is 0 Å². The molecule has 1 aromatic heterocycles. The van der Waals surface area contributed by atoms with Gasteiger partial charge >= 0.3 is 0 Å². The summed E-state index contributed by atoms with van der Waals surface area (Å²) in [4.78, 5) is 0.144. The van der Waals surface area contributed by atoms with Crippen molar-refractivity contribution < 1.29 is 12.8 Å². The summed E-state index contributed by atoms with van der Waals surface area (Å²) in [6.07, 6.45) is 0.829. The van der Waals surface area contributed by atoms with Crippen LogP contribution in [-0.2, 0) is 16.4 Å². The van der Waals surface area contributed by atoms with Gasteiger partial charge in [0, 0.05) is 0 Å². The second kappa shape index (κ2) is 7.49. The third kappa shape index (κ3) is 4.15. The molecule has 0 amide bonds. The van der Waals surface area contributed by atoms with Crippen LogP contribution in [0.3, 0.4) is 0 Å². The Morgan fingerprint density at radius 1 is 0.923 bits per heavy atom. The zero-order valence-corrected chi connectivity index (χ0v) is 14.8. The van der Waals surface area contributed by atoms with E-state index in [0.717, 1.165) is 12.0 Å². The van der Waals surface area contributed by atoms with E-state index >= 15 is 0 Å². The van der Waals surface area contributed by atoms with Crippen LogP contribution < -0.4 is 10.0 Å². The van der Waals surface area contributed by atoms with Crippen LogP contribution in [0.25, 0.3) is 0 Å².